The molecule has 1 aliphatic heterocycles. The average Bonchev–Trinajstić information content (AvgIpc) is 2.40. The highest BCUT2D eigenvalue weighted by Gasteiger charge is 2.25. The molecule has 0 bridgehead atoms. The lowest BCUT2D eigenvalue weighted by atomic mass is 10.3. The molecule has 0 aromatic carbocycles. The number of nitrogens with zero attached hydrogens (tertiary/aromatic N) is 4. The van der Waals surface area contributed by atoms with E-state index in [0.29, 0.717) is 32.1 Å². The Morgan fingerprint density at radius 1 is 1.30 bits per heavy atom. The van der Waals surface area contributed by atoms with Gasteiger partial charge in [-0.3, -0.25) is 0 Å². The third-order valence-corrected chi connectivity index (χ3v) is 4.59. The van der Waals surface area contributed by atoms with Crippen molar-refractivity contribution in [3.05, 3.63) is 11.8 Å². The average molecular weight is 299 g/mol. The minimum atomic E-state index is -3.10. The van der Waals surface area contributed by atoms with Gasteiger partial charge in [-0.1, -0.05) is 0 Å². The number of anilines is 2. The Balaban J connectivity index is 2.12. The molecule has 7 nitrogen and oxygen atoms in total. The topological polar surface area (TPSA) is 78.4 Å². The maximum atomic E-state index is 11.5. The van der Waals surface area contributed by atoms with Crippen LogP contribution in [0.15, 0.2) is 6.20 Å². The van der Waals surface area contributed by atoms with Gasteiger partial charge < -0.3 is 10.2 Å². The summed E-state index contributed by atoms with van der Waals surface area (Å²) >= 11 is 0. The van der Waals surface area contributed by atoms with Crippen LogP contribution in [0.2, 0.25) is 0 Å². The molecule has 0 saturated carbocycles. The number of hydrogen-bond donors (Lipinski definition) is 1. The second-order valence-electron chi connectivity index (χ2n) is 4.88. The fourth-order valence-electron chi connectivity index (χ4n) is 2.23. The predicted octanol–water partition coefficient (Wildman–Crippen LogP) is 0.298. The molecule has 1 saturated heterocycles. The van der Waals surface area contributed by atoms with Crippen molar-refractivity contribution in [2.75, 3.05) is 49.2 Å². The van der Waals surface area contributed by atoms with E-state index < -0.39 is 10.0 Å². The van der Waals surface area contributed by atoms with Crippen molar-refractivity contribution in [1.82, 2.24) is 14.3 Å². The summed E-state index contributed by atoms with van der Waals surface area (Å²) in [6, 6.07) is 0. The van der Waals surface area contributed by atoms with Crippen LogP contribution in [0, 0.1) is 6.92 Å². The van der Waals surface area contributed by atoms with Crippen LogP contribution in [0.5, 0.6) is 0 Å². The molecule has 0 amide bonds. The van der Waals surface area contributed by atoms with E-state index in [4.69, 9.17) is 0 Å². The zero-order valence-electron chi connectivity index (χ0n) is 12.1. The molecule has 2 rings (SSSR count). The van der Waals surface area contributed by atoms with Crippen molar-refractivity contribution in [3.63, 3.8) is 0 Å². The van der Waals surface area contributed by atoms with Crippen molar-refractivity contribution < 1.29 is 8.42 Å². The molecule has 0 aliphatic carbocycles. The first-order valence-electron chi connectivity index (χ1n) is 6.69. The van der Waals surface area contributed by atoms with Crippen LogP contribution in [0.3, 0.4) is 0 Å². The third kappa shape index (κ3) is 3.37. The highest BCUT2D eigenvalue weighted by atomic mass is 32.2. The lowest BCUT2D eigenvalue weighted by molar-refractivity contribution is 0.386. The Bertz CT molecular complexity index is 567. The van der Waals surface area contributed by atoms with Gasteiger partial charge in [0.2, 0.25) is 16.0 Å². The van der Waals surface area contributed by atoms with Crippen molar-refractivity contribution in [2.24, 2.45) is 0 Å². The normalized spacial score (nSPS) is 17.2. The summed E-state index contributed by atoms with van der Waals surface area (Å²) in [6.45, 7) is 7.02. The molecule has 0 atom stereocenters. The van der Waals surface area contributed by atoms with Crippen molar-refractivity contribution in [2.45, 2.75) is 13.8 Å². The van der Waals surface area contributed by atoms with Crippen molar-refractivity contribution in [3.8, 4) is 0 Å². The molecule has 1 aromatic rings. The maximum absolute atomic E-state index is 11.5. The largest absolute Gasteiger partial charge is 0.354 e. The second kappa shape index (κ2) is 5.92. The molecular formula is C12H21N5O2S. The van der Waals surface area contributed by atoms with Crippen LogP contribution in [0.25, 0.3) is 0 Å². The van der Waals surface area contributed by atoms with E-state index in [2.05, 4.69) is 20.2 Å². The summed E-state index contributed by atoms with van der Waals surface area (Å²) in [6.07, 6.45) is 3.05. The first-order chi connectivity index (χ1) is 9.41. The highest BCUT2D eigenvalue weighted by Crippen LogP contribution is 2.20. The van der Waals surface area contributed by atoms with Crippen LogP contribution < -0.4 is 10.2 Å². The molecule has 1 fully saturated rings. The minimum Gasteiger partial charge on any atom is -0.354 e. The van der Waals surface area contributed by atoms with Gasteiger partial charge in [0.1, 0.15) is 5.82 Å². The third-order valence-electron chi connectivity index (χ3n) is 3.29. The standard InChI is InChI=1S/C12H21N5O2S/c1-4-13-12-14-9-10(2)11(15-12)16-5-7-17(8-6-16)20(3,18)19/h9H,4-8H2,1-3H3,(H,13,14,15). The highest BCUT2D eigenvalue weighted by molar-refractivity contribution is 7.88. The first-order valence-corrected chi connectivity index (χ1v) is 8.54. The van der Waals surface area contributed by atoms with Gasteiger partial charge in [-0.25, -0.2) is 13.4 Å². The van der Waals surface area contributed by atoms with E-state index in [-0.39, 0.29) is 0 Å². The number of piperazine rings is 1. The Morgan fingerprint density at radius 2 is 1.95 bits per heavy atom. The molecule has 2 heterocycles. The van der Waals surface area contributed by atoms with Gasteiger partial charge in [0, 0.05) is 44.5 Å². The number of aryl methyl sites for hydroxylation is 1. The van der Waals surface area contributed by atoms with Gasteiger partial charge in [0.15, 0.2) is 0 Å². The molecule has 0 unspecified atom stereocenters. The lowest BCUT2D eigenvalue weighted by Crippen LogP contribution is -2.48. The molecule has 1 aliphatic rings. The fraction of sp³-hybridized carbons (Fsp3) is 0.667. The quantitative estimate of drug-likeness (QED) is 0.861. The van der Waals surface area contributed by atoms with Gasteiger partial charge in [-0.15, -0.1) is 0 Å². The molecule has 1 N–H and O–H groups in total. The lowest BCUT2D eigenvalue weighted by Gasteiger charge is -2.34. The SMILES string of the molecule is CCNc1ncc(C)c(N2CCN(S(C)(=O)=O)CC2)n1. The number of sulfonamides is 1. The molecule has 20 heavy (non-hydrogen) atoms. The summed E-state index contributed by atoms with van der Waals surface area (Å²) in [4.78, 5) is 10.8. The van der Waals surface area contributed by atoms with Gasteiger partial charge in [-0.05, 0) is 13.8 Å². The van der Waals surface area contributed by atoms with Crippen LogP contribution in [0.1, 0.15) is 12.5 Å². The molecule has 0 spiro atoms. The number of aromatic nitrogens is 2. The minimum absolute atomic E-state index is 0.499. The van der Waals surface area contributed by atoms with Crippen LogP contribution in [-0.2, 0) is 10.0 Å². The monoisotopic (exact) mass is 299 g/mol. The molecule has 8 heteroatoms. The molecular weight excluding hydrogens is 278 g/mol. The maximum Gasteiger partial charge on any atom is 0.224 e. The fourth-order valence-corrected chi connectivity index (χ4v) is 3.05. The number of hydrogen-bond acceptors (Lipinski definition) is 6. The summed E-state index contributed by atoms with van der Waals surface area (Å²) in [5, 5.41) is 3.09. The Morgan fingerprint density at radius 3 is 2.50 bits per heavy atom. The van der Waals surface area contributed by atoms with Crippen molar-refractivity contribution >= 4 is 21.8 Å². The molecule has 112 valence electrons. The van der Waals surface area contributed by atoms with Gasteiger partial charge >= 0.3 is 0 Å². The number of rotatable bonds is 4. The Kier molecular flexibility index (Phi) is 4.44. The first kappa shape index (κ1) is 15.0. The summed E-state index contributed by atoms with van der Waals surface area (Å²) in [5.41, 5.74) is 0.999. The van der Waals surface area contributed by atoms with Crippen LogP contribution in [0.4, 0.5) is 11.8 Å². The van der Waals surface area contributed by atoms with E-state index in [1.165, 1.54) is 10.6 Å². The zero-order chi connectivity index (χ0) is 14.8. The van der Waals surface area contributed by atoms with Gasteiger partial charge in [0.25, 0.3) is 0 Å². The van der Waals surface area contributed by atoms with Crippen LogP contribution in [-0.4, -0.2) is 61.7 Å². The van der Waals surface area contributed by atoms with E-state index in [1.54, 1.807) is 6.20 Å². The summed E-state index contributed by atoms with van der Waals surface area (Å²) < 4.78 is 24.5. The van der Waals surface area contributed by atoms with E-state index in [1.807, 2.05) is 13.8 Å². The van der Waals surface area contributed by atoms with Crippen LogP contribution >= 0.6 is 0 Å². The molecule has 1 aromatic heterocycles. The van der Waals surface area contributed by atoms with E-state index in [9.17, 15) is 8.42 Å². The molecule has 0 radical (unpaired) electrons. The van der Waals surface area contributed by atoms with Crippen molar-refractivity contribution in [1.29, 1.82) is 0 Å². The predicted molar refractivity (Wildman–Crippen MR) is 79.6 cm³/mol. The Hall–Kier alpha value is -1.41. The summed E-state index contributed by atoms with van der Waals surface area (Å²) in [7, 11) is -3.10. The van der Waals surface area contributed by atoms with E-state index in [0.717, 1.165) is 17.9 Å². The second-order valence-corrected chi connectivity index (χ2v) is 6.86. The van der Waals surface area contributed by atoms with Gasteiger partial charge in [-0.2, -0.15) is 9.29 Å². The van der Waals surface area contributed by atoms with E-state index >= 15 is 0 Å². The van der Waals surface area contributed by atoms with Gasteiger partial charge in [0.05, 0.1) is 6.26 Å². The smallest absolute Gasteiger partial charge is 0.224 e. The summed E-state index contributed by atoms with van der Waals surface area (Å²) in [5.74, 6) is 1.49. The zero-order valence-corrected chi connectivity index (χ0v) is 12.9. The number of nitrogens with one attached hydrogen (secondary N) is 1. The Labute approximate surface area is 120 Å².